The molecule has 5 rings (SSSR count). The van der Waals surface area contributed by atoms with Gasteiger partial charge >= 0.3 is 0 Å². The molecule has 2 bridgehead atoms. The molecule has 0 spiro atoms. The average Bonchev–Trinajstić information content (AvgIpc) is 3.41. The van der Waals surface area contributed by atoms with Gasteiger partial charge in [0.1, 0.15) is 5.56 Å². The van der Waals surface area contributed by atoms with E-state index in [2.05, 4.69) is 15.1 Å². The number of fused-ring (bicyclic) bond motifs is 3. The van der Waals surface area contributed by atoms with E-state index in [9.17, 15) is 9.59 Å². The van der Waals surface area contributed by atoms with Crippen LogP contribution in [0.15, 0.2) is 35.1 Å². The summed E-state index contributed by atoms with van der Waals surface area (Å²) in [7, 11) is 0. The Labute approximate surface area is 242 Å². The number of pyridine rings is 1. The minimum atomic E-state index is -0.214. The Hall–Kier alpha value is -1.08. The van der Waals surface area contributed by atoms with Gasteiger partial charge < -0.3 is 22.2 Å². The molecule has 1 aromatic heterocycles. The molecule has 2 atom stereocenters. The third-order valence-electron chi connectivity index (χ3n) is 8.27. The van der Waals surface area contributed by atoms with Gasteiger partial charge in [0.05, 0.1) is 5.52 Å². The van der Waals surface area contributed by atoms with Gasteiger partial charge in [-0.1, -0.05) is 18.2 Å². The van der Waals surface area contributed by atoms with Gasteiger partial charge in [-0.3, -0.25) is 14.5 Å². The van der Waals surface area contributed by atoms with E-state index >= 15 is 0 Å². The Balaban J connectivity index is 0.00000180. The molecule has 6 nitrogen and oxygen atoms in total. The molecule has 2 aromatic rings. The Morgan fingerprint density at radius 2 is 1.67 bits per heavy atom. The van der Waals surface area contributed by atoms with Gasteiger partial charge in [0.15, 0.2) is 0 Å². The third-order valence-corrected chi connectivity index (χ3v) is 8.27. The summed E-state index contributed by atoms with van der Waals surface area (Å²) >= 11 is 0. The molecule has 3 fully saturated rings. The second-order valence-corrected chi connectivity index (χ2v) is 10.9. The SMILES string of the molecule is CC(C)n1c(=O)c(C(=O)NC2CC3CCC(C2)N3CCCCN2CCCC2)cc2ccccc21.[CH3-].[Y]. The van der Waals surface area contributed by atoms with Crippen molar-refractivity contribution in [3.05, 3.63) is 53.7 Å². The molecule has 0 aliphatic carbocycles. The second kappa shape index (κ2) is 13.1. The number of benzene rings is 1. The van der Waals surface area contributed by atoms with Gasteiger partial charge in [0.2, 0.25) is 0 Å². The number of nitrogens with zero attached hydrogens (tertiary/aromatic N) is 3. The maximum absolute atomic E-state index is 13.3. The molecule has 3 aliphatic heterocycles. The van der Waals surface area contributed by atoms with Crippen LogP contribution in [0, 0.1) is 7.43 Å². The quantitative estimate of drug-likeness (QED) is 0.373. The fourth-order valence-corrected chi connectivity index (χ4v) is 6.62. The smallest absolute Gasteiger partial charge is 0.264 e. The molecule has 3 aliphatic rings. The largest absolute Gasteiger partial charge is 0.358 e. The van der Waals surface area contributed by atoms with E-state index in [0.29, 0.717) is 12.1 Å². The predicted octanol–water partition coefficient (Wildman–Crippen LogP) is 4.63. The van der Waals surface area contributed by atoms with Crippen LogP contribution in [0.2, 0.25) is 0 Å². The molecular formula is C29H43N4O2Y-. The van der Waals surface area contributed by atoms with Crippen LogP contribution in [-0.4, -0.2) is 64.6 Å². The number of likely N-dealkylation sites (tertiary alicyclic amines) is 1. The molecule has 1 amide bonds. The third kappa shape index (κ3) is 6.31. The van der Waals surface area contributed by atoms with Gasteiger partial charge in [0.25, 0.3) is 11.5 Å². The van der Waals surface area contributed by atoms with Crippen LogP contribution in [0.4, 0.5) is 0 Å². The van der Waals surface area contributed by atoms with Crippen LogP contribution >= 0.6 is 0 Å². The Morgan fingerprint density at radius 3 is 2.33 bits per heavy atom. The number of hydrogen-bond acceptors (Lipinski definition) is 4. The summed E-state index contributed by atoms with van der Waals surface area (Å²) in [6.07, 6.45) is 9.77. The molecule has 4 heterocycles. The molecule has 195 valence electrons. The zero-order chi connectivity index (χ0) is 23.7. The number of unbranched alkanes of at least 4 members (excludes halogenated alkanes) is 1. The summed E-state index contributed by atoms with van der Waals surface area (Å²) in [5, 5.41) is 4.18. The summed E-state index contributed by atoms with van der Waals surface area (Å²) < 4.78 is 1.75. The first kappa shape index (κ1) is 29.5. The maximum atomic E-state index is 13.3. The molecule has 1 N–H and O–H groups in total. The molecule has 36 heavy (non-hydrogen) atoms. The second-order valence-electron chi connectivity index (χ2n) is 10.9. The van der Waals surface area contributed by atoms with Crippen LogP contribution < -0.4 is 10.9 Å². The van der Waals surface area contributed by atoms with E-state index in [1.54, 1.807) is 10.6 Å². The van der Waals surface area contributed by atoms with Gasteiger partial charge in [-0.15, -0.1) is 0 Å². The Bertz CT molecular complexity index is 1060. The number of piperidine rings is 1. The van der Waals surface area contributed by atoms with Crippen molar-refractivity contribution in [1.29, 1.82) is 0 Å². The van der Waals surface area contributed by atoms with Crippen LogP contribution in [0.1, 0.15) is 81.6 Å². The van der Waals surface area contributed by atoms with Gasteiger partial charge in [-0.05, 0) is 109 Å². The van der Waals surface area contributed by atoms with Crippen molar-refractivity contribution in [2.45, 2.75) is 89.4 Å². The minimum absolute atomic E-state index is 0. The fraction of sp³-hybridized carbons (Fsp3) is 0.621. The Kier molecular flexibility index (Phi) is 10.8. The van der Waals surface area contributed by atoms with E-state index < -0.39 is 0 Å². The fourth-order valence-electron chi connectivity index (χ4n) is 6.62. The van der Waals surface area contributed by atoms with Crippen LogP contribution in [0.25, 0.3) is 10.9 Å². The van der Waals surface area contributed by atoms with E-state index in [1.165, 1.54) is 64.7 Å². The van der Waals surface area contributed by atoms with Crippen molar-refractivity contribution in [2.24, 2.45) is 0 Å². The number of amides is 1. The molecule has 3 saturated heterocycles. The van der Waals surface area contributed by atoms with Crippen molar-refractivity contribution in [3.63, 3.8) is 0 Å². The van der Waals surface area contributed by atoms with Crippen molar-refractivity contribution < 1.29 is 37.5 Å². The molecule has 1 aromatic carbocycles. The van der Waals surface area contributed by atoms with Crippen LogP contribution in [0.5, 0.6) is 0 Å². The Morgan fingerprint density at radius 1 is 1.03 bits per heavy atom. The first-order valence-corrected chi connectivity index (χ1v) is 13.4. The normalized spacial score (nSPS) is 24.0. The van der Waals surface area contributed by atoms with Crippen molar-refractivity contribution in [3.8, 4) is 0 Å². The molecule has 2 unspecified atom stereocenters. The van der Waals surface area contributed by atoms with Gasteiger partial charge in [0, 0.05) is 56.9 Å². The minimum Gasteiger partial charge on any atom is -0.358 e. The number of hydrogen-bond donors (Lipinski definition) is 1. The first-order valence-electron chi connectivity index (χ1n) is 13.4. The summed E-state index contributed by atoms with van der Waals surface area (Å²) in [5.74, 6) is -0.214. The monoisotopic (exact) mass is 568 g/mol. The zero-order valence-electron chi connectivity index (χ0n) is 22.4. The standard InChI is InChI=1S/C28H40N4O2.CH3.Y/c1-20(2)32-26-10-4-3-9-21(26)17-25(28(32)34)27(33)29-22-18-23-11-12-24(19-22)31(23)16-8-7-15-30-13-5-6-14-30;;/h3-4,9-10,17,20,22-24H,5-8,11-16,18-19H2,1-2H3,(H,29,33);1H3;/q;-1;. The van der Waals surface area contributed by atoms with Crippen LogP contribution in [-0.2, 0) is 32.7 Å². The van der Waals surface area contributed by atoms with E-state index in [0.717, 1.165) is 23.7 Å². The van der Waals surface area contributed by atoms with E-state index in [-0.39, 0.29) is 69.2 Å². The summed E-state index contributed by atoms with van der Waals surface area (Å²) in [6, 6.07) is 10.9. The van der Waals surface area contributed by atoms with Crippen molar-refractivity contribution in [1.82, 2.24) is 19.7 Å². The molecule has 1 radical (unpaired) electrons. The van der Waals surface area contributed by atoms with Crippen molar-refractivity contribution >= 4 is 16.8 Å². The number of para-hydroxylation sites is 1. The number of rotatable bonds is 8. The molecular weight excluding hydrogens is 525 g/mol. The van der Waals surface area contributed by atoms with Crippen LogP contribution in [0.3, 0.4) is 0 Å². The number of aromatic nitrogens is 1. The maximum Gasteiger partial charge on any atom is 0.264 e. The first-order chi connectivity index (χ1) is 16.5. The van der Waals surface area contributed by atoms with Crippen molar-refractivity contribution in [2.75, 3.05) is 26.2 Å². The van der Waals surface area contributed by atoms with Gasteiger partial charge in [-0.25, -0.2) is 0 Å². The topological polar surface area (TPSA) is 57.6 Å². The van der Waals surface area contributed by atoms with Gasteiger partial charge in [-0.2, -0.15) is 0 Å². The predicted molar refractivity (Wildman–Crippen MR) is 144 cm³/mol. The zero-order valence-corrected chi connectivity index (χ0v) is 25.3. The molecule has 7 heteroatoms. The summed E-state index contributed by atoms with van der Waals surface area (Å²) in [6.45, 7) is 9.00. The average molecular weight is 569 g/mol. The summed E-state index contributed by atoms with van der Waals surface area (Å²) in [4.78, 5) is 31.8. The number of carbonyl (C=O) groups is 1. The van der Waals surface area contributed by atoms with E-state index in [1.807, 2.05) is 38.1 Å². The number of carbonyl (C=O) groups excluding carboxylic acids is 1. The van der Waals surface area contributed by atoms with E-state index in [4.69, 9.17) is 0 Å². The summed E-state index contributed by atoms with van der Waals surface area (Å²) in [5.41, 5.74) is 0.962. The number of nitrogens with one attached hydrogen (secondary N) is 1. The molecule has 0 saturated carbocycles.